The van der Waals surface area contributed by atoms with Crippen LogP contribution >= 0.6 is 0 Å². The number of nitrogens with zero attached hydrogens (tertiary/aromatic N) is 1. The van der Waals surface area contributed by atoms with Gasteiger partial charge in [-0.25, -0.2) is 0 Å². The molecule has 2 radical (unpaired) electrons. The van der Waals surface area contributed by atoms with E-state index in [9.17, 15) is 0 Å². The first kappa shape index (κ1) is 20.3. The third-order valence-corrected chi connectivity index (χ3v) is 7.21. The van der Waals surface area contributed by atoms with E-state index >= 15 is 0 Å². The normalized spacial score (nSPS) is 35.1. The molecule has 1 aliphatic carbocycles. The molecule has 1 heterocycles. The van der Waals surface area contributed by atoms with Crippen LogP contribution in [-0.4, -0.2) is 24.9 Å². The molecular formula is C22H42BN. The van der Waals surface area contributed by atoms with Gasteiger partial charge in [0.15, 0.2) is 7.98 Å². The second kappa shape index (κ2) is 9.65. The number of hydrogen-bond donors (Lipinski definition) is 0. The summed E-state index contributed by atoms with van der Waals surface area (Å²) in [6.07, 6.45) is 18.4. The second-order valence-electron chi connectivity index (χ2n) is 9.19. The van der Waals surface area contributed by atoms with Crippen molar-refractivity contribution in [1.82, 2.24) is 4.81 Å². The van der Waals surface area contributed by atoms with Crippen LogP contribution in [0.3, 0.4) is 0 Å². The van der Waals surface area contributed by atoms with Crippen molar-refractivity contribution in [2.24, 2.45) is 17.3 Å². The second-order valence-corrected chi connectivity index (χ2v) is 9.19. The zero-order valence-electron chi connectivity index (χ0n) is 17.0. The van der Waals surface area contributed by atoms with Gasteiger partial charge >= 0.3 is 0 Å². The van der Waals surface area contributed by atoms with E-state index in [0.717, 1.165) is 11.8 Å². The molecule has 2 heteroatoms. The van der Waals surface area contributed by atoms with Gasteiger partial charge in [0, 0.05) is 0 Å². The van der Waals surface area contributed by atoms with Crippen LogP contribution in [0.5, 0.6) is 0 Å². The molecule has 1 nitrogen and oxygen atoms in total. The van der Waals surface area contributed by atoms with Crippen molar-refractivity contribution in [1.29, 1.82) is 0 Å². The van der Waals surface area contributed by atoms with Gasteiger partial charge in [-0.1, -0.05) is 79.1 Å². The molecule has 138 valence electrons. The lowest BCUT2D eigenvalue weighted by Gasteiger charge is -2.58. The molecule has 3 unspecified atom stereocenters. The van der Waals surface area contributed by atoms with Gasteiger partial charge in [0.25, 0.3) is 0 Å². The summed E-state index contributed by atoms with van der Waals surface area (Å²) in [6.45, 7) is 9.32. The Hall–Kier alpha value is 0.0249. The van der Waals surface area contributed by atoms with E-state index in [0.29, 0.717) is 17.5 Å². The standard InChI is InChI=1S/C22H42BN/c1-5-8-10-11-13-19(12-9-6-2)20-15-22(16-20)14-18(4)24(23)21(7-3)17-22/h18-21H,5-17H2,1-4H3. The average molecular weight is 331 g/mol. The van der Waals surface area contributed by atoms with Crippen LogP contribution in [0.15, 0.2) is 0 Å². The van der Waals surface area contributed by atoms with Crippen molar-refractivity contribution >= 4 is 7.98 Å². The first-order valence-corrected chi connectivity index (χ1v) is 11.1. The maximum atomic E-state index is 6.32. The fourth-order valence-corrected chi connectivity index (χ4v) is 5.77. The Labute approximate surface area is 153 Å². The van der Waals surface area contributed by atoms with Gasteiger partial charge in [-0.3, -0.25) is 0 Å². The fourth-order valence-electron chi connectivity index (χ4n) is 5.77. The van der Waals surface area contributed by atoms with E-state index in [4.69, 9.17) is 7.98 Å². The molecule has 0 aromatic rings. The lowest BCUT2D eigenvalue weighted by atomic mass is 9.51. The van der Waals surface area contributed by atoms with E-state index < -0.39 is 0 Å². The summed E-state index contributed by atoms with van der Waals surface area (Å²) in [7, 11) is 6.32. The topological polar surface area (TPSA) is 3.24 Å². The number of rotatable bonds is 10. The lowest BCUT2D eigenvalue weighted by molar-refractivity contribution is -0.0617. The summed E-state index contributed by atoms with van der Waals surface area (Å²) in [5, 5.41) is 0. The van der Waals surface area contributed by atoms with Gasteiger partial charge in [0.05, 0.1) is 0 Å². The quantitative estimate of drug-likeness (QED) is 0.326. The Morgan fingerprint density at radius 3 is 2.21 bits per heavy atom. The molecule has 1 spiro atoms. The molecule has 2 fully saturated rings. The van der Waals surface area contributed by atoms with E-state index in [1.165, 1.54) is 83.5 Å². The highest BCUT2D eigenvalue weighted by atomic mass is 15.1. The average Bonchev–Trinajstić information content (AvgIpc) is 2.55. The zero-order chi connectivity index (χ0) is 17.6. The van der Waals surface area contributed by atoms with Gasteiger partial charge < -0.3 is 4.81 Å². The third-order valence-electron chi connectivity index (χ3n) is 7.21. The van der Waals surface area contributed by atoms with Crippen molar-refractivity contribution in [2.75, 3.05) is 0 Å². The van der Waals surface area contributed by atoms with E-state index in [1.54, 1.807) is 0 Å². The minimum absolute atomic E-state index is 0.572. The molecule has 0 bridgehead atoms. The van der Waals surface area contributed by atoms with Gasteiger partial charge in [-0.15, -0.1) is 0 Å². The zero-order valence-corrected chi connectivity index (χ0v) is 17.0. The summed E-state index contributed by atoms with van der Waals surface area (Å²) in [4.78, 5) is 2.16. The molecule has 1 aliphatic heterocycles. The minimum atomic E-state index is 0.572. The number of hydrogen-bond acceptors (Lipinski definition) is 1. The maximum Gasteiger partial charge on any atom is 0.183 e. The van der Waals surface area contributed by atoms with Crippen molar-refractivity contribution in [3.8, 4) is 0 Å². The van der Waals surface area contributed by atoms with Crippen molar-refractivity contribution in [2.45, 2.75) is 123 Å². The van der Waals surface area contributed by atoms with Crippen LogP contribution in [0.4, 0.5) is 0 Å². The van der Waals surface area contributed by atoms with Crippen LogP contribution < -0.4 is 0 Å². The summed E-state index contributed by atoms with van der Waals surface area (Å²) in [5.74, 6) is 2.03. The Bertz CT molecular complexity index is 350. The Morgan fingerprint density at radius 2 is 1.58 bits per heavy atom. The van der Waals surface area contributed by atoms with Crippen LogP contribution in [0.25, 0.3) is 0 Å². The molecular weight excluding hydrogens is 289 g/mol. The maximum absolute atomic E-state index is 6.32. The largest absolute Gasteiger partial charge is 0.349 e. The van der Waals surface area contributed by atoms with Crippen LogP contribution in [0, 0.1) is 17.3 Å². The first-order valence-electron chi connectivity index (χ1n) is 11.1. The van der Waals surface area contributed by atoms with Crippen LogP contribution in [0.2, 0.25) is 0 Å². The molecule has 0 N–H and O–H groups in total. The predicted molar refractivity (Wildman–Crippen MR) is 107 cm³/mol. The van der Waals surface area contributed by atoms with Crippen LogP contribution in [0.1, 0.15) is 111 Å². The lowest BCUT2D eigenvalue weighted by Crippen LogP contribution is -2.55. The molecule has 3 atom stereocenters. The van der Waals surface area contributed by atoms with Gasteiger partial charge in [0.1, 0.15) is 0 Å². The van der Waals surface area contributed by atoms with Gasteiger partial charge in [-0.05, 0) is 61.4 Å². The van der Waals surface area contributed by atoms with Crippen LogP contribution in [-0.2, 0) is 0 Å². The Balaban J connectivity index is 1.85. The molecule has 1 saturated carbocycles. The number of unbranched alkanes of at least 4 members (excludes halogenated alkanes) is 4. The predicted octanol–water partition coefficient (Wildman–Crippen LogP) is 6.51. The highest BCUT2D eigenvalue weighted by Gasteiger charge is 2.50. The van der Waals surface area contributed by atoms with Crippen molar-refractivity contribution < 1.29 is 0 Å². The molecule has 0 aromatic heterocycles. The molecule has 2 aliphatic rings. The van der Waals surface area contributed by atoms with Gasteiger partial charge in [-0.2, -0.15) is 0 Å². The SMILES string of the molecule is [B]N1C(C)CC2(CC(C(CCCC)CCCCCC)C2)CC1CC. The molecule has 0 amide bonds. The third kappa shape index (κ3) is 5.02. The van der Waals surface area contributed by atoms with E-state index in [2.05, 4.69) is 32.5 Å². The highest BCUT2D eigenvalue weighted by Crippen LogP contribution is 2.58. The monoisotopic (exact) mass is 331 g/mol. The summed E-state index contributed by atoms with van der Waals surface area (Å²) in [6, 6.07) is 1.19. The first-order chi connectivity index (χ1) is 11.5. The Morgan fingerprint density at radius 1 is 0.917 bits per heavy atom. The molecule has 24 heavy (non-hydrogen) atoms. The molecule has 2 rings (SSSR count). The molecule has 0 aromatic carbocycles. The minimum Gasteiger partial charge on any atom is -0.349 e. The highest BCUT2D eigenvalue weighted by molar-refractivity contribution is 6.04. The van der Waals surface area contributed by atoms with Crippen molar-refractivity contribution in [3.05, 3.63) is 0 Å². The van der Waals surface area contributed by atoms with E-state index in [-0.39, 0.29) is 0 Å². The van der Waals surface area contributed by atoms with E-state index in [1.807, 2.05) is 0 Å². The summed E-state index contributed by atoms with van der Waals surface area (Å²) in [5.41, 5.74) is 0.647. The smallest absolute Gasteiger partial charge is 0.183 e. The summed E-state index contributed by atoms with van der Waals surface area (Å²) < 4.78 is 0. The fraction of sp³-hybridized carbons (Fsp3) is 1.00. The summed E-state index contributed by atoms with van der Waals surface area (Å²) >= 11 is 0. The van der Waals surface area contributed by atoms with Gasteiger partial charge in [0.2, 0.25) is 0 Å². The molecule has 1 saturated heterocycles. The number of piperidine rings is 1. The Kier molecular flexibility index (Phi) is 8.18. The van der Waals surface area contributed by atoms with Crippen molar-refractivity contribution in [3.63, 3.8) is 0 Å².